The smallest absolute Gasteiger partial charge is 0.123 e. The Morgan fingerprint density at radius 1 is 1.21 bits per heavy atom. The van der Waals surface area contributed by atoms with Gasteiger partial charge in [0.2, 0.25) is 0 Å². The number of hydrogen-bond acceptors (Lipinski definition) is 2. The summed E-state index contributed by atoms with van der Waals surface area (Å²) in [5, 5.41) is 3.22. The maximum absolute atomic E-state index is 12.9. The highest BCUT2D eigenvalue weighted by Gasteiger charge is 2.13. The van der Waals surface area contributed by atoms with Crippen LogP contribution in [0, 0.1) is 11.7 Å². The first-order chi connectivity index (χ1) is 8.90. The van der Waals surface area contributed by atoms with Crippen LogP contribution in [0.1, 0.15) is 32.8 Å². The molecule has 1 aromatic carbocycles. The molecule has 1 N–H and O–H groups in total. The maximum Gasteiger partial charge on any atom is 0.123 e. The molecule has 0 amide bonds. The number of ether oxygens (including phenoxy) is 1. The third kappa shape index (κ3) is 7.28. The third-order valence-electron chi connectivity index (χ3n) is 2.99. The van der Waals surface area contributed by atoms with Crippen molar-refractivity contribution in [2.24, 2.45) is 5.92 Å². The molecule has 0 heterocycles. The molecule has 0 saturated carbocycles. The summed E-state index contributed by atoms with van der Waals surface area (Å²) in [4.78, 5) is 0. The molecule has 1 rings (SSSR count). The average molecular weight is 267 g/mol. The minimum absolute atomic E-state index is 0.0833. The van der Waals surface area contributed by atoms with E-state index in [0.29, 0.717) is 5.92 Å². The zero-order chi connectivity index (χ0) is 14.3. The van der Waals surface area contributed by atoms with Gasteiger partial charge in [0.1, 0.15) is 5.82 Å². The Labute approximate surface area is 116 Å². The van der Waals surface area contributed by atoms with Crippen LogP contribution in [0.15, 0.2) is 24.3 Å². The van der Waals surface area contributed by atoms with Gasteiger partial charge in [-0.15, -0.1) is 0 Å². The number of halogens is 1. The van der Waals surface area contributed by atoms with E-state index in [1.165, 1.54) is 17.7 Å². The molecule has 0 saturated heterocycles. The second-order valence-corrected chi connectivity index (χ2v) is 6.00. The van der Waals surface area contributed by atoms with Crippen LogP contribution >= 0.6 is 0 Å². The molecule has 1 aromatic rings. The van der Waals surface area contributed by atoms with Crippen LogP contribution in [0.5, 0.6) is 0 Å². The largest absolute Gasteiger partial charge is 0.376 e. The summed E-state index contributed by atoms with van der Waals surface area (Å²) in [6.45, 7) is 7.92. The van der Waals surface area contributed by atoms with Gasteiger partial charge >= 0.3 is 0 Å². The molecule has 0 spiro atoms. The Hall–Kier alpha value is -0.930. The molecule has 108 valence electrons. The quantitative estimate of drug-likeness (QED) is 0.817. The number of rotatable bonds is 7. The topological polar surface area (TPSA) is 21.3 Å². The fourth-order valence-corrected chi connectivity index (χ4v) is 2.05. The SMILES string of the molecule is CNCC(CCOC(C)(C)C)Cc1ccc(F)cc1. The van der Waals surface area contributed by atoms with E-state index in [-0.39, 0.29) is 11.4 Å². The summed E-state index contributed by atoms with van der Waals surface area (Å²) in [5.74, 6) is 0.336. The Balaban J connectivity index is 2.45. The van der Waals surface area contributed by atoms with E-state index in [1.807, 2.05) is 19.2 Å². The standard InChI is InChI=1S/C16H26FNO/c1-16(2,3)19-10-9-14(12-18-4)11-13-5-7-15(17)8-6-13/h5-8,14,18H,9-12H2,1-4H3. The molecular weight excluding hydrogens is 241 g/mol. The Bertz CT molecular complexity index is 356. The average Bonchev–Trinajstić information content (AvgIpc) is 2.30. The van der Waals surface area contributed by atoms with Gasteiger partial charge in [0.25, 0.3) is 0 Å². The molecule has 1 unspecified atom stereocenters. The predicted molar refractivity (Wildman–Crippen MR) is 77.8 cm³/mol. The summed E-state index contributed by atoms with van der Waals surface area (Å²) in [7, 11) is 1.96. The summed E-state index contributed by atoms with van der Waals surface area (Å²) in [5.41, 5.74) is 1.09. The van der Waals surface area contributed by atoms with Crippen molar-refractivity contribution >= 4 is 0 Å². The molecule has 1 atom stereocenters. The lowest BCUT2D eigenvalue weighted by molar-refractivity contribution is -0.00912. The first-order valence-corrected chi connectivity index (χ1v) is 6.94. The molecule has 3 heteroatoms. The van der Waals surface area contributed by atoms with Gasteiger partial charge in [-0.25, -0.2) is 4.39 Å². The van der Waals surface area contributed by atoms with Crippen LogP contribution in [0.4, 0.5) is 4.39 Å². The van der Waals surface area contributed by atoms with E-state index in [4.69, 9.17) is 4.74 Å². The predicted octanol–water partition coefficient (Wildman–Crippen LogP) is 3.41. The first kappa shape index (κ1) is 16.1. The molecule has 0 aliphatic rings. The van der Waals surface area contributed by atoms with Crippen molar-refractivity contribution in [3.63, 3.8) is 0 Å². The van der Waals surface area contributed by atoms with E-state index < -0.39 is 0 Å². The number of nitrogens with one attached hydrogen (secondary N) is 1. The van der Waals surface area contributed by atoms with Gasteiger partial charge in [0.05, 0.1) is 5.60 Å². The van der Waals surface area contributed by atoms with Crippen LogP contribution < -0.4 is 5.32 Å². The fourth-order valence-electron chi connectivity index (χ4n) is 2.05. The van der Waals surface area contributed by atoms with Crippen molar-refractivity contribution in [3.05, 3.63) is 35.6 Å². The molecule has 2 nitrogen and oxygen atoms in total. The normalized spacial score (nSPS) is 13.5. The van der Waals surface area contributed by atoms with Crippen LogP contribution in [-0.2, 0) is 11.2 Å². The number of benzene rings is 1. The zero-order valence-corrected chi connectivity index (χ0v) is 12.5. The van der Waals surface area contributed by atoms with E-state index >= 15 is 0 Å². The van der Waals surface area contributed by atoms with Crippen molar-refractivity contribution in [1.82, 2.24) is 5.32 Å². The van der Waals surface area contributed by atoms with Crippen molar-refractivity contribution in [2.45, 2.75) is 39.2 Å². The lowest BCUT2D eigenvalue weighted by Gasteiger charge is -2.22. The van der Waals surface area contributed by atoms with Gasteiger partial charge in [-0.3, -0.25) is 0 Å². The molecule has 0 aliphatic carbocycles. The lowest BCUT2D eigenvalue weighted by atomic mass is 9.96. The minimum atomic E-state index is -0.176. The van der Waals surface area contributed by atoms with Gasteiger partial charge in [0, 0.05) is 6.61 Å². The first-order valence-electron chi connectivity index (χ1n) is 6.94. The maximum atomic E-state index is 12.9. The van der Waals surface area contributed by atoms with Crippen molar-refractivity contribution in [2.75, 3.05) is 20.2 Å². The van der Waals surface area contributed by atoms with E-state index in [0.717, 1.165) is 26.0 Å². The molecule has 0 fully saturated rings. The molecule has 0 aliphatic heterocycles. The highest BCUT2D eigenvalue weighted by Crippen LogP contribution is 2.15. The Morgan fingerprint density at radius 3 is 2.37 bits per heavy atom. The van der Waals surface area contributed by atoms with Gasteiger partial charge < -0.3 is 10.1 Å². The fraction of sp³-hybridized carbons (Fsp3) is 0.625. The summed E-state index contributed by atoms with van der Waals surface area (Å²) >= 11 is 0. The summed E-state index contributed by atoms with van der Waals surface area (Å²) < 4.78 is 18.6. The van der Waals surface area contributed by atoms with Gasteiger partial charge in [0.15, 0.2) is 0 Å². The van der Waals surface area contributed by atoms with Crippen LogP contribution in [0.25, 0.3) is 0 Å². The van der Waals surface area contributed by atoms with E-state index in [1.54, 1.807) is 0 Å². The molecule has 0 aromatic heterocycles. The van der Waals surface area contributed by atoms with E-state index in [2.05, 4.69) is 26.1 Å². The van der Waals surface area contributed by atoms with Crippen molar-refractivity contribution in [3.8, 4) is 0 Å². The molecule has 0 radical (unpaired) electrons. The van der Waals surface area contributed by atoms with Gasteiger partial charge in [-0.05, 0) is 70.8 Å². The van der Waals surface area contributed by atoms with E-state index in [9.17, 15) is 4.39 Å². The zero-order valence-electron chi connectivity index (χ0n) is 12.5. The third-order valence-corrected chi connectivity index (χ3v) is 2.99. The van der Waals surface area contributed by atoms with Crippen LogP contribution in [0.3, 0.4) is 0 Å². The summed E-state index contributed by atoms with van der Waals surface area (Å²) in [6.07, 6.45) is 1.96. The highest BCUT2D eigenvalue weighted by atomic mass is 19.1. The van der Waals surface area contributed by atoms with Crippen molar-refractivity contribution in [1.29, 1.82) is 0 Å². The van der Waals surface area contributed by atoms with Crippen LogP contribution in [0.2, 0.25) is 0 Å². The number of hydrogen-bond donors (Lipinski definition) is 1. The van der Waals surface area contributed by atoms with Gasteiger partial charge in [-0.1, -0.05) is 12.1 Å². The van der Waals surface area contributed by atoms with Crippen LogP contribution in [-0.4, -0.2) is 25.8 Å². The second kappa shape index (κ2) is 7.61. The Morgan fingerprint density at radius 2 is 1.84 bits per heavy atom. The monoisotopic (exact) mass is 267 g/mol. The Kier molecular flexibility index (Phi) is 6.46. The molecular formula is C16H26FNO. The second-order valence-electron chi connectivity index (χ2n) is 6.00. The van der Waals surface area contributed by atoms with Crippen molar-refractivity contribution < 1.29 is 9.13 Å². The summed E-state index contributed by atoms with van der Waals surface area (Å²) in [6, 6.07) is 6.78. The molecule has 19 heavy (non-hydrogen) atoms. The lowest BCUT2D eigenvalue weighted by Crippen LogP contribution is -2.25. The van der Waals surface area contributed by atoms with Gasteiger partial charge in [-0.2, -0.15) is 0 Å². The molecule has 0 bridgehead atoms. The minimum Gasteiger partial charge on any atom is -0.376 e. The highest BCUT2D eigenvalue weighted by molar-refractivity contribution is 5.16.